The third-order valence-electron chi connectivity index (χ3n) is 17.1. The number of fused-ring (bicyclic) bond motifs is 7. The molecule has 5 aliphatic rings. The van der Waals surface area contributed by atoms with Crippen LogP contribution in [0.1, 0.15) is 126 Å². The Balaban J connectivity index is 0.903. The molecule has 0 aliphatic heterocycles. The molecule has 2 aromatic carbocycles. The molecule has 0 saturated heterocycles. The fourth-order valence-corrected chi connectivity index (χ4v) is 14.3. The summed E-state index contributed by atoms with van der Waals surface area (Å²) in [7, 11) is 1.90. The van der Waals surface area contributed by atoms with Gasteiger partial charge in [-0.25, -0.2) is 0 Å². The van der Waals surface area contributed by atoms with Crippen molar-refractivity contribution in [2.75, 3.05) is 7.11 Å². The summed E-state index contributed by atoms with van der Waals surface area (Å²) in [4.78, 5) is 39.5. The standard InChI is InChI=1S/C50H64O9/c1-46(2)38-19-22-48(5)27-30-11-15-37-47(3,4)41(21-23-49(37,6)34(30)14-16-39(48)50(38,7)24-20-40(46)56-8)59-43(54)18-17-42(53)58-32-25-35(52)44-36(26-32)57-28-33(45(44)55)29-9-12-31(51)13-10-29/h9-13,25-26,28,34,37-41,51-52H,14-24,27H2,1-8H3/t34-,37-,38?,39?,40+,41+,48-,49+,50-/m0/s1. The van der Waals surface area contributed by atoms with Crippen molar-refractivity contribution in [2.45, 2.75) is 138 Å². The van der Waals surface area contributed by atoms with E-state index in [1.807, 2.05) is 7.11 Å². The van der Waals surface area contributed by atoms with Crippen molar-refractivity contribution in [3.8, 4) is 28.4 Å². The van der Waals surface area contributed by atoms with Crippen molar-refractivity contribution < 1.29 is 38.4 Å². The van der Waals surface area contributed by atoms with Crippen LogP contribution in [0.15, 0.2) is 63.5 Å². The van der Waals surface area contributed by atoms with Crippen LogP contribution in [-0.4, -0.2) is 41.5 Å². The van der Waals surface area contributed by atoms with Gasteiger partial charge in [0.25, 0.3) is 0 Å². The third-order valence-corrected chi connectivity index (χ3v) is 17.1. The zero-order chi connectivity index (χ0) is 42.3. The number of ether oxygens (including phenoxy) is 3. The molecule has 0 amide bonds. The summed E-state index contributed by atoms with van der Waals surface area (Å²) < 4.78 is 23.5. The fourth-order valence-electron chi connectivity index (χ4n) is 14.3. The van der Waals surface area contributed by atoms with Crippen molar-refractivity contribution in [1.82, 2.24) is 0 Å². The number of esters is 2. The molecule has 4 fully saturated rings. The van der Waals surface area contributed by atoms with E-state index in [2.05, 4.69) is 54.5 Å². The summed E-state index contributed by atoms with van der Waals surface area (Å²) in [6.07, 6.45) is 15.0. The van der Waals surface area contributed by atoms with Gasteiger partial charge in [0.2, 0.25) is 5.43 Å². The van der Waals surface area contributed by atoms with Gasteiger partial charge in [-0.15, -0.1) is 0 Å². The molecule has 9 heteroatoms. The molecule has 0 radical (unpaired) electrons. The molecule has 9 atom stereocenters. The molecule has 9 nitrogen and oxygen atoms in total. The highest BCUT2D eigenvalue weighted by Gasteiger charge is 2.63. The van der Waals surface area contributed by atoms with Gasteiger partial charge < -0.3 is 28.8 Å². The van der Waals surface area contributed by atoms with Gasteiger partial charge in [0.05, 0.1) is 24.5 Å². The van der Waals surface area contributed by atoms with Gasteiger partial charge >= 0.3 is 11.9 Å². The lowest BCUT2D eigenvalue weighted by Gasteiger charge is -2.64. The van der Waals surface area contributed by atoms with Crippen LogP contribution in [0.5, 0.6) is 17.2 Å². The predicted molar refractivity (Wildman–Crippen MR) is 227 cm³/mol. The number of hydrogen-bond acceptors (Lipinski definition) is 9. The molecule has 0 bridgehead atoms. The first-order chi connectivity index (χ1) is 27.8. The van der Waals surface area contributed by atoms with Gasteiger partial charge in [-0.2, -0.15) is 0 Å². The van der Waals surface area contributed by atoms with E-state index in [0.29, 0.717) is 46.2 Å². The number of hydrogen-bond donors (Lipinski definition) is 2. The Morgan fingerprint density at radius 2 is 1.46 bits per heavy atom. The first-order valence-corrected chi connectivity index (χ1v) is 22.0. The molecule has 0 spiro atoms. The van der Waals surface area contributed by atoms with Gasteiger partial charge in [0.1, 0.15) is 40.6 Å². The van der Waals surface area contributed by atoms with E-state index in [1.165, 1.54) is 69.1 Å². The number of carbonyl (C=O) groups is 2. The number of benzene rings is 2. The normalized spacial score (nSPS) is 34.5. The van der Waals surface area contributed by atoms with E-state index in [-0.39, 0.29) is 63.2 Å². The first kappa shape index (κ1) is 41.6. The minimum Gasteiger partial charge on any atom is -0.508 e. The van der Waals surface area contributed by atoms with Gasteiger partial charge in [-0.1, -0.05) is 72.2 Å². The smallest absolute Gasteiger partial charge is 0.311 e. The van der Waals surface area contributed by atoms with Crippen molar-refractivity contribution in [3.63, 3.8) is 0 Å². The summed E-state index contributed by atoms with van der Waals surface area (Å²) in [5, 5.41) is 20.3. The van der Waals surface area contributed by atoms with Crippen molar-refractivity contribution in [1.29, 1.82) is 0 Å². The van der Waals surface area contributed by atoms with E-state index in [4.69, 9.17) is 18.6 Å². The van der Waals surface area contributed by atoms with Crippen LogP contribution in [0, 0.1) is 50.7 Å². The molecule has 59 heavy (non-hydrogen) atoms. The molecule has 2 unspecified atom stereocenters. The van der Waals surface area contributed by atoms with Gasteiger partial charge in [-0.05, 0) is 127 Å². The van der Waals surface area contributed by atoms with Crippen LogP contribution in [0.25, 0.3) is 22.1 Å². The number of allylic oxidation sites excluding steroid dienone is 2. The Morgan fingerprint density at radius 1 is 0.780 bits per heavy atom. The van der Waals surface area contributed by atoms with Crippen molar-refractivity contribution in [3.05, 3.63) is 64.5 Å². The average Bonchev–Trinajstić information content (AvgIpc) is 3.33. The van der Waals surface area contributed by atoms with E-state index in [0.717, 1.165) is 25.7 Å². The SMILES string of the molecule is CO[C@@H]1CC[C@@]2(C)C(CC[C@@]3(C)CC4=CC[C@H]5C(C)(C)[C@H](OC(=O)CCC(=O)Oc6cc(O)c7c(=O)c(-c8ccc(O)cc8)coc7c6)CC[C@]5(C)[C@H]4CCC32)C1(C)C. The van der Waals surface area contributed by atoms with Crippen LogP contribution >= 0.6 is 0 Å². The summed E-state index contributed by atoms with van der Waals surface area (Å²) in [6, 6.07) is 8.61. The van der Waals surface area contributed by atoms with Crippen LogP contribution in [0.2, 0.25) is 0 Å². The van der Waals surface area contributed by atoms with E-state index in [9.17, 15) is 24.6 Å². The van der Waals surface area contributed by atoms with Crippen LogP contribution < -0.4 is 10.2 Å². The van der Waals surface area contributed by atoms with E-state index < -0.39 is 23.1 Å². The lowest BCUT2D eigenvalue weighted by atomic mass is 9.42. The van der Waals surface area contributed by atoms with Crippen molar-refractivity contribution in [2.24, 2.45) is 50.7 Å². The summed E-state index contributed by atoms with van der Waals surface area (Å²) >= 11 is 0. The number of aromatic hydroxyl groups is 2. The zero-order valence-corrected chi connectivity index (χ0v) is 36.3. The minimum absolute atomic E-state index is 0.00526. The highest BCUT2D eigenvalue weighted by Crippen LogP contribution is 2.70. The quantitative estimate of drug-likeness (QED) is 0.136. The molecule has 1 heterocycles. The maximum absolute atomic E-state index is 13.4. The predicted octanol–water partition coefficient (Wildman–Crippen LogP) is 10.9. The molecule has 4 saturated carbocycles. The molecular weight excluding hydrogens is 745 g/mol. The first-order valence-electron chi connectivity index (χ1n) is 22.0. The number of phenolic OH excluding ortho intramolecular Hbond substituents is 2. The minimum atomic E-state index is -0.665. The van der Waals surface area contributed by atoms with E-state index >= 15 is 0 Å². The number of rotatable bonds is 7. The maximum atomic E-state index is 13.4. The highest BCUT2D eigenvalue weighted by atomic mass is 16.5. The Labute approximate surface area is 348 Å². The molecule has 2 N–H and O–H groups in total. The van der Waals surface area contributed by atoms with Gasteiger partial charge in [-0.3, -0.25) is 14.4 Å². The lowest BCUT2D eigenvalue weighted by Crippen LogP contribution is -2.58. The molecule has 5 aliphatic carbocycles. The topological polar surface area (TPSA) is 132 Å². The van der Waals surface area contributed by atoms with Gasteiger partial charge in [0, 0.05) is 24.7 Å². The second-order valence-corrected chi connectivity index (χ2v) is 20.9. The van der Waals surface area contributed by atoms with Crippen LogP contribution in [-0.2, 0) is 19.1 Å². The lowest BCUT2D eigenvalue weighted by molar-refractivity contribution is -0.178. The summed E-state index contributed by atoms with van der Waals surface area (Å²) in [6.45, 7) is 17.3. The number of methoxy groups -OCH3 is 1. The Kier molecular flexibility index (Phi) is 10.4. The highest BCUT2D eigenvalue weighted by molar-refractivity contribution is 5.89. The number of carbonyl (C=O) groups excluding carboxylic acids is 2. The largest absolute Gasteiger partial charge is 0.508 e. The Hall–Kier alpha value is -4.11. The van der Waals surface area contributed by atoms with Crippen LogP contribution in [0.4, 0.5) is 0 Å². The van der Waals surface area contributed by atoms with Gasteiger partial charge in [0.15, 0.2) is 0 Å². The second-order valence-electron chi connectivity index (χ2n) is 20.9. The molecule has 318 valence electrons. The van der Waals surface area contributed by atoms with Crippen LogP contribution in [0.3, 0.4) is 0 Å². The summed E-state index contributed by atoms with van der Waals surface area (Å²) in [5.74, 6) is 0.814. The zero-order valence-electron chi connectivity index (χ0n) is 36.3. The average molecular weight is 809 g/mol. The molecule has 3 aromatic rings. The second kappa shape index (κ2) is 14.8. The summed E-state index contributed by atoms with van der Waals surface area (Å²) in [5.41, 5.74) is 2.64. The Bertz CT molecular complexity index is 2210. The fraction of sp³-hybridized carbons (Fsp3) is 0.620. The Morgan fingerprint density at radius 3 is 2.19 bits per heavy atom. The molecular formula is C50H64O9. The van der Waals surface area contributed by atoms with Crippen molar-refractivity contribution >= 4 is 22.9 Å². The molecule has 8 rings (SSSR count). The van der Waals surface area contributed by atoms with E-state index in [1.54, 1.807) is 17.7 Å². The monoisotopic (exact) mass is 808 g/mol. The maximum Gasteiger partial charge on any atom is 0.311 e. The molecule has 1 aromatic heterocycles. The number of phenols is 2. The third kappa shape index (κ3) is 6.91.